The largest absolute Gasteiger partial charge is 0.481 e. The van der Waals surface area contributed by atoms with Gasteiger partial charge in [0, 0.05) is 26.6 Å². The summed E-state index contributed by atoms with van der Waals surface area (Å²) in [6, 6.07) is 0. The first-order valence-corrected chi connectivity index (χ1v) is 6.11. The summed E-state index contributed by atoms with van der Waals surface area (Å²) >= 11 is 0. The Kier molecular flexibility index (Phi) is 5.41. The Balaban J connectivity index is 2.40. The highest BCUT2D eigenvalue weighted by Crippen LogP contribution is 2.21. The number of carboxylic acids is 1. The fraction of sp³-hybridized carbons (Fsp3) is 0.833. The molecule has 0 aliphatic carbocycles. The molecule has 17 heavy (non-hydrogen) atoms. The van der Waals surface area contributed by atoms with Crippen molar-refractivity contribution < 1.29 is 19.4 Å². The van der Waals surface area contributed by atoms with Crippen LogP contribution >= 0.6 is 0 Å². The molecule has 1 aliphatic heterocycles. The molecule has 0 aromatic heterocycles. The van der Waals surface area contributed by atoms with Crippen LogP contribution in [0.4, 0.5) is 0 Å². The Hall–Kier alpha value is -1.10. The van der Waals surface area contributed by atoms with Crippen LogP contribution in [0.2, 0.25) is 0 Å². The summed E-state index contributed by atoms with van der Waals surface area (Å²) in [7, 11) is 1.54. The number of hydrogen-bond donors (Lipinski definition) is 1. The van der Waals surface area contributed by atoms with Crippen LogP contribution in [0, 0.1) is 5.92 Å². The van der Waals surface area contributed by atoms with Gasteiger partial charge in [-0.25, -0.2) is 0 Å². The molecule has 0 spiro atoms. The Morgan fingerprint density at radius 3 is 2.41 bits per heavy atom. The summed E-state index contributed by atoms with van der Waals surface area (Å²) < 4.78 is 5.12. The van der Waals surface area contributed by atoms with Gasteiger partial charge >= 0.3 is 5.97 Å². The van der Waals surface area contributed by atoms with Gasteiger partial charge in [0.1, 0.15) is 6.10 Å². The molecule has 0 bridgehead atoms. The van der Waals surface area contributed by atoms with E-state index in [2.05, 4.69) is 0 Å². The van der Waals surface area contributed by atoms with E-state index in [0.717, 1.165) is 12.8 Å². The predicted molar refractivity (Wildman–Crippen MR) is 62.6 cm³/mol. The van der Waals surface area contributed by atoms with Gasteiger partial charge in [0.2, 0.25) is 0 Å². The molecule has 5 nitrogen and oxygen atoms in total. The molecule has 1 unspecified atom stereocenters. The van der Waals surface area contributed by atoms with E-state index in [4.69, 9.17) is 9.84 Å². The minimum Gasteiger partial charge on any atom is -0.481 e. The van der Waals surface area contributed by atoms with E-state index in [-0.39, 0.29) is 24.3 Å². The van der Waals surface area contributed by atoms with Crippen molar-refractivity contribution in [3.8, 4) is 0 Å². The summed E-state index contributed by atoms with van der Waals surface area (Å²) in [5, 5.41) is 8.70. The van der Waals surface area contributed by atoms with Crippen molar-refractivity contribution in [2.24, 2.45) is 5.92 Å². The number of rotatable bonds is 5. The topological polar surface area (TPSA) is 66.8 Å². The SMILES string of the molecule is CCC(OC)C(=O)N1CCC(CC(=O)O)CC1. The van der Waals surface area contributed by atoms with Gasteiger partial charge in [0.05, 0.1) is 0 Å². The highest BCUT2D eigenvalue weighted by molar-refractivity contribution is 5.81. The quantitative estimate of drug-likeness (QED) is 0.786. The molecule has 0 aromatic carbocycles. The Labute approximate surface area is 102 Å². The third-order valence-electron chi connectivity index (χ3n) is 3.32. The zero-order valence-corrected chi connectivity index (χ0v) is 10.5. The van der Waals surface area contributed by atoms with Crippen molar-refractivity contribution in [1.82, 2.24) is 4.90 Å². The minimum absolute atomic E-state index is 0.0313. The number of likely N-dealkylation sites (tertiary alicyclic amines) is 1. The van der Waals surface area contributed by atoms with E-state index in [9.17, 15) is 9.59 Å². The number of methoxy groups -OCH3 is 1. The van der Waals surface area contributed by atoms with Crippen LogP contribution in [0.25, 0.3) is 0 Å². The van der Waals surface area contributed by atoms with Gasteiger partial charge in [0.25, 0.3) is 5.91 Å². The highest BCUT2D eigenvalue weighted by Gasteiger charge is 2.27. The molecule has 1 amide bonds. The van der Waals surface area contributed by atoms with Gasteiger partial charge in [-0.2, -0.15) is 0 Å². The van der Waals surface area contributed by atoms with Crippen LogP contribution < -0.4 is 0 Å². The van der Waals surface area contributed by atoms with Crippen molar-refractivity contribution in [2.45, 2.75) is 38.7 Å². The summed E-state index contributed by atoms with van der Waals surface area (Å²) in [6.07, 6.45) is 2.08. The molecule has 1 heterocycles. The van der Waals surface area contributed by atoms with Gasteiger partial charge in [-0.15, -0.1) is 0 Å². The van der Waals surface area contributed by atoms with Crippen molar-refractivity contribution in [1.29, 1.82) is 0 Å². The van der Waals surface area contributed by atoms with E-state index in [1.807, 2.05) is 6.92 Å². The van der Waals surface area contributed by atoms with Crippen molar-refractivity contribution in [3.63, 3.8) is 0 Å². The second kappa shape index (κ2) is 6.59. The molecule has 1 atom stereocenters. The van der Waals surface area contributed by atoms with E-state index < -0.39 is 5.97 Å². The van der Waals surface area contributed by atoms with Gasteiger partial charge in [-0.1, -0.05) is 6.92 Å². The zero-order chi connectivity index (χ0) is 12.8. The number of carbonyl (C=O) groups excluding carboxylic acids is 1. The first-order valence-electron chi connectivity index (χ1n) is 6.11. The van der Waals surface area contributed by atoms with E-state index in [1.54, 1.807) is 12.0 Å². The fourth-order valence-electron chi connectivity index (χ4n) is 2.25. The lowest BCUT2D eigenvalue weighted by atomic mass is 9.93. The predicted octanol–water partition coefficient (Wildman–Crippen LogP) is 1.12. The maximum Gasteiger partial charge on any atom is 0.303 e. The van der Waals surface area contributed by atoms with Gasteiger partial charge in [-0.05, 0) is 25.2 Å². The molecule has 1 rings (SSSR count). The number of hydrogen-bond acceptors (Lipinski definition) is 3. The Morgan fingerprint density at radius 2 is 2.00 bits per heavy atom. The second-order valence-corrected chi connectivity index (χ2v) is 4.50. The van der Waals surface area contributed by atoms with Gasteiger partial charge in [0.15, 0.2) is 0 Å². The molecule has 1 fully saturated rings. The zero-order valence-electron chi connectivity index (χ0n) is 10.5. The molecule has 0 saturated carbocycles. The van der Waals surface area contributed by atoms with Crippen molar-refractivity contribution in [3.05, 3.63) is 0 Å². The number of aliphatic carboxylic acids is 1. The standard InChI is InChI=1S/C12H21NO4/c1-3-10(17-2)12(16)13-6-4-9(5-7-13)8-11(14)15/h9-10H,3-8H2,1-2H3,(H,14,15). The second-order valence-electron chi connectivity index (χ2n) is 4.50. The number of nitrogens with zero attached hydrogens (tertiary/aromatic N) is 1. The van der Waals surface area contributed by atoms with Crippen LogP contribution in [-0.2, 0) is 14.3 Å². The lowest BCUT2D eigenvalue weighted by Gasteiger charge is -2.33. The summed E-state index contributed by atoms with van der Waals surface area (Å²) in [5.41, 5.74) is 0. The lowest BCUT2D eigenvalue weighted by Crippen LogP contribution is -2.44. The van der Waals surface area contributed by atoms with Crippen LogP contribution in [0.5, 0.6) is 0 Å². The fourth-order valence-corrected chi connectivity index (χ4v) is 2.25. The lowest BCUT2D eigenvalue weighted by molar-refractivity contribution is -0.144. The molecule has 1 N–H and O–H groups in total. The van der Waals surface area contributed by atoms with Crippen LogP contribution in [-0.4, -0.2) is 48.2 Å². The minimum atomic E-state index is -0.752. The number of ether oxygens (including phenoxy) is 1. The molecule has 5 heteroatoms. The first-order chi connectivity index (χ1) is 8.08. The molecular formula is C12H21NO4. The van der Waals surface area contributed by atoms with E-state index in [0.29, 0.717) is 19.5 Å². The number of carboxylic acid groups (broad SMARTS) is 1. The number of amides is 1. The molecule has 0 radical (unpaired) electrons. The molecular weight excluding hydrogens is 222 g/mol. The highest BCUT2D eigenvalue weighted by atomic mass is 16.5. The smallest absolute Gasteiger partial charge is 0.303 e. The molecule has 98 valence electrons. The van der Waals surface area contributed by atoms with Crippen LogP contribution in [0.15, 0.2) is 0 Å². The van der Waals surface area contributed by atoms with Gasteiger partial charge in [-0.3, -0.25) is 9.59 Å². The first kappa shape index (κ1) is 14.0. The third kappa shape index (κ3) is 4.00. The summed E-state index contributed by atoms with van der Waals surface area (Å²) in [6.45, 7) is 3.22. The molecule has 0 aromatic rings. The van der Waals surface area contributed by atoms with E-state index >= 15 is 0 Å². The van der Waals surface area contributed by atoms with Crippen LogP contribution in [0.3, 0.4) is 0 Å². The van der Waals surface area contributed by atoms with Crippen molar-refractivity contribution >= 4 is 11.9 Å². The summed E-state index contributed by atoms with van der Waals surface area (Å²) in [5.74, 6) is -0.513. The Morgan fingerprint density at radius 1 is 1.41 bits per heavy atom. The monoisotopic (exact) mass is 243 g/mol. The maximum atomic E-state index is 12.0. The van der Waals surface area contributed by atoms with Crippen molar-refractivity contribution in [2.75, 3.05) is 20.2 Å². The maximum absolute atomic E-state index is 12.0. The normalized spacial score (nSPS) is 19.1. The average molecular weight is 243 g/mol. The summed E-state index contributed by atoms with van der Waals surface area (Å²) in [4.78, 5) is 24.3. The third-order valence-corrected chi connectivity index (χ3v) is 3.32. The molecule has 1 aliphatic rings. The van der Waals surface area contributed by atoms with Gasteiger partial charge < -0.3 is 14.7 Å². The average Bonchev–Trinajstić information content (AvgIpc) is 2.30. The number of carbonyl (C=O) groups is 2. The molecule has 1 saturated heterocycles. The van der Waals surface area contributed by atoms with Crippen LogP contribution in [0.1, 0.15) is 32.6 Å². The van der Waals surface area contributed by atoms with E-state index in [1.165, 1.54) is 0 Å². The number of piperidine rings is 1. The Bertz CT molecular complexity index is 268.